The highest BCUT2D eigenvalue weighted by Gasteiger charge is 2.21. The fraction of sp³-hybridized carbons (Fsp3) is 0.684. The normalized spacial score (nSPS) is 16.0. The summed E-state index contributed by atoms with van der Waals surface area (Å²) >= 11 is 0. The lowest BCUT2D eigenvalue weighted by molar-refractivity contribution is 0.0117. The molecule has 1 aliphatic carbocycles. The van der Waals surface area contributed by atoms with Crippen molar-refractivity contribution in [2.45, 2.75) is 70.9 Å². The minimum atomic E-state index is -0.0388. The largest absolute Gasteiger partial charge is 0.379 e. The molecule has 21 heavy (non-hydrogen) atoms. The van der Waals surface area contributed by atoms with Crippen LogP contribution in [0.25, 0.3) is 0 Å². The van der Waals surface area contributed by atoms with Crippen molar-refractivity contribution in [2.24, 2.45) is 0 Å². The Morgan fingerprint density at radius 3 is 2.71 bits per heavy atom. The number of hydrogen-bond acceptors (Lipinski definition) is 2. The van der Waals surface area contributed by atoms with Crippen molar-refractivity contribution in [2.75, 3.05) is 13.7 Å². The van der Waals surface area contributed by atoms with E-state index in [1.807, 2.05) is 7.11 Å². The van der Waals surface area contributed by atoms with Crippen LogP contribution in [0.2, 0.25) is 0 Å². The van der Waals surface area contributed by atoms with E-state index in [0.29, 0.717) is 6.04 Å². The van der Waals surface area contributed by atoms with Gasteiger partial charge >= 0.3 is 0 Å². The van der Waals surface area contributed by atoms with Crippen LogP contribution in [0.5, 0.6) is 0 Å². The first-order valence-electron chi connectivity index (χ1n) is 8.46. The molecule has 118 valence electrons. The van der Waals surface area contributed by atoms with Crippen molar-refractivity contribution in [3.8, 4) is 0 Å². The van der Waals surface area contributed by atoms with Gasteiger partial charge in [-0.25, -0.2) is 0 Å². The summed E-state index contributed by atoms with van der Waals surface area (Å²) in [4.78, 5) is 0. The molecular formula is C19H31NO. The van der Waals surface area contributed by atoms with Gasteiger partial charge in [0.25, 0.3) is 0 Å². The first kappa shape index (κ1) is 16.5. The van der Waals surface area contributed by atoms with Gasteiger partial charge in [0.05, 0.1) is 5.60 Å². The van der Waals surface area contributed by atoms with Gasteiger partial charge in [0.15, 0.2) is 0 Å². The average molecular weight is 289 g/mol. The fourth-order valence-electron chi connectivity index (χ4n) is 3.11. The molecule has 2 rings (SSSR count). The Kier molecular flexibility index (Phi) is 5.83. The summed E-state index contributed by atoms with van der Waals surface area (Å²) in [5.41, 5.74) is 4.55. The number of nitrogens with one attached hydrogen (secondary N) is 1. The fourth-order valence-corrected chi connectivity index (χ4v) is 3.11. The van der Waals surface area contributed by atoms with E-state index in [2.05, 4.69) is 44.3 Å². The van der Waals surface area contributed by atoms with Gasteiger partial charge in [-0.15, -0.1) is 0 Å². The lowest BCUT2D eigenvalue weighted by atomic mass is 9.93. The summed E-state index contributed by atoms with van der Waals surface area (Å²) in [6.07, 6.45) is 7.21. The summed E-state index contributed by atoms with van der Waals surface area (Å²) < 4.78 is 5.57. The van der Waals surface area contributed by atoms with E-state index < -0.39 is 0 Å². The predicted molar refractivity (Wildman–Crippen MR) is 89.8 cm³/mol. The molecule has 1 atom stereocenters. The molecule has 0 aliphatic heterocycles. The number of hydrogen-bond donors (Lipinski definition) is 1. The van der Waals surface area contributed by atoms with Crippen LogP contribution >= 0.6 is 0 Å². The minimum Gasteiger partial charge on any atom is -0.379 e. The summed E-state index contributed by atoms with van der Waals surface area (Å²) in [5, 5.41) is 3.72. The standard InChI is InChI=1S/C19H31NO/c1-5-13-20-18(11-12-19(2,3)21-4)17-10-9-15-7-6-8-16(15)14-17/h9-10,14,18,20H,5-8,11-13H2,1-4H3. The van der Waals surface area contributed by atoms with Gasteiger partial charge in [-0.1, -0.05) is 25.1 Å². The molecule has 0 amide bonds. The summed E-state index contributed by atoms with van der Waals surface area (Å²) in [5.74, 6) is 0. The first-order chi connectivity index (χ1) is 10.1. The van der Waals surface area contributed by atoms with Crippen LogP contribution < -0.4 is 5.32 Å². The van der Waals surface area contributed by atoms with Gasteiger partial charge in [-0.2, -0.15) is 0 Å². The Bertz CT molecular complexity index is 453. The number of ether oxygens (including phenoxy) is 1. The lowest BCUT2D eigenvalue weighted by Crippen LogP contribution is -2.28. The van der Waals surface area contributed by atoms with Gasteiger partial charge in [-0.3, -0.25) is 0 Å². The molecule has 1 unspecified atom stereocenters. The highest BCUT2D eigenvalue weighted by molar-refractivity contribution is 5.36. The van der Waals surface area contributed by atoms with Crippen LogP contribution in [0.4, 0.5) is 0 Å². The summed E-state index contributed by atoms with van der Waals surface area (Å²) in [6.45, 7) is 7.65. The first-order valence-corrected chi connectivity index (χ1v) is 8.46. The van der Waals surface area contributed by atoms with E-state index in [-0.39, 0.29) is 5.60 Å². The van der Waals surface area contributed by atoms with Crippen LogP contribution in [0.15, 0.2) is 18.2 Å². The third-order valence-electron chi connectivity index (χ3n) is 4.75. The molecular weight excluding hydrogens is 258 g/mol. The van der Waals surface area contributed by atoms with Crippen LogP contribution in [-0.2, 0) is 17.6 Å². The molecule has 2 nitrogen and oxygen atoms in total. The zero-order chi connectivity index (χ0) is 15.3. The molecule has 2 heteroatoms. The van der Waals surface area contributed by atoms with E-state index in [1.54, 1.807) is 11.1 Å². The Hall–Kier alpha value is -0.860. The zero-order valence-corrected chi connectivity index (χ0v) is 14.2. The molecule has 1 aliphatic rings. The van der Waals surface area contributed by atoms with Crippen molar-refractivity contribution in [1.29, 1.82) is 0 Å². The SMILES string of the molecule is CCCNC(CCC(C)(C)OC)c1ccc2c(c1)CCC2. The maximum absolute atomic E-state index is 5.57. The van der Waals surface area contributed by atoms with Crippen molar-refractivity contribution in [3.05, 3.63) is 34.9 Å². The second kappa shape index (κ2) is 7.42. The number of benzene rings is 1. The number of aryl methyl sites for hydroxylation is 2. The molecule has 0 saturated carbocycles. The van der Waals surface area contributed by atoms with Crippen molar-refractivity contribution >= 4 is 0 Å². The third kappa shape index (κ3) is 4.55. The topological polar surface area (TPSA) is 21.3 Å². The second-order valence-corrected chi connectivity index (χ2v) is 6.89. The van der Waals surface area contributed by atoms with Crippen molar-refractivity contribution < 1.29 is 4.74 Å². The highest BCUT2D eigenvalue weighted by atomic mass is 16.5. The van der Waals surface area contributed by atoms with Crippen molar-refractivity contribution in [3.63, 3.8) is 0 Å². The molecule has 0 saturated heterocycles. The molecule has 1 aromatic carbocycles. The van der Waals surface area contributed by atoms with Gasteiger partial charge in [-0.05, 0) is 75.6 Å². The minimum absolute atomic E-state index is 0.0388. The number of fused-ring (bicyclic) bond motifs is 1. The molecule has 0 bridgehead atoms. The van der Waals surface area contributed by atoms with Crippen LogP contribution in [0, 0.1) is 0 Å². The lowest BCUT2D eigenvalue weighted by Gasteiger charge is -2.27. The molecule has 0 fully saturated rings. The van der Waals surface area contributed by atoms with E-state index in [1.165, 1.54) is 31.2 Å². The Morgan fingerprint density at radius 1 is 1.24 bits per heavy atom. The second-order valence-electron chi connectivity index (χ2n) is 6.89. The number of methoxy groups -OCH3 is 1. The Balaban J connectivity index is 2.08. The van der Waals surface area contributed by atoms with Gasteiger partial charge in [0.2, 0.25) is 0 Å². The van der Waals surface area contributed by atoms with Crippen LogP contribution in [0.1, 0.15) is 69.2 Å². The quantitative estimate of drug-likeness (QED) is 0.765. The maximum Gasteiger partial charge on any atom is 0.0623 e. The predicted octanol–water partition coefficient (Wildman–Crippen LogP) is 4.42. The molecule has 0 aromatic heterocycles. The molecule has 0 spiro atoms. The van der Waals surface area contributed by atoms with Gasteiger partial charge < -0.3 is 10.1 Å². The van der Waals surface area contributed by atoms with Gasteiger partial charge in [0.1, 0.15) is 0 Å². The molecule has 1 aromatic rings. The monoisotopic (exact) mass is 289 g/mol. The van der Waals surface area contributed by atoms with E-state index >= 15 is 0 Å². The maximum atomic E-state index is 5.57. The third-order valence-corrected chi connectivity index (χ3v) is 4.75. The Labute approximate surface area is 130 Å². The number of rotatable bonds is 8. The van der Waals surface area contributed by atoms with Crippen molar-refractivity contribution in [1.82, 2.24) is 5.32 Å². The Morgan fingerprint density at radius 2 is 2.00 bits per heavy atom. The zero-order valence-electron chi connectivity index (χ0n) is 14.2. The van der Waals surface area contributed by atoms with Crippen LogP contribution in [-0.4, -0.2) is 19.3 Å². The highest BCUT2D eigenvalue weighted by Crippen LogP contribution is 2.29. The summed E-state index contributed by atoms with van der Waals surface area (Å²) in [6, 6.07) is 7.57. The van der Waals surface area contributed by atoms with Crippen LogP contribution in [0.3, 0.4) is 0 Å². The van der Waals surface area contributed by atoms with E-state index in [9.17, 15) is 0 Å². The summed E-state index contributed by atoms with van der Waals surface area (Å²) in [7, 11) is 1.81. The van der Waals surface area contributed by atoms with E-state index in [4.69, 9.17) is 4.74 Å². The molecule has 0 heterocycles. The molecule has 1 N–H and O–H groups in total. The van der Waals surface area contributed by atoms with E-state index in [0.717, 1.165) is 19.4 Å². The average Bonchev–Trinajstić information content (AvgIpc) is 2.94. The smallest absolute Gasteiger partial charge is 0.0623 e. The van der Waals surface area contributed by atoms with Gasteiger partial charge in [0, 0.05) is 13.2 Å². The molecule has 0 radical (unpaired) electrons.